The van der Waals surface area contributed by atoms with Crippen LogP contribution in [0.2, 0.25) is 0 Å². The number of carbonyl (C=O) groups excluding carboxylic acids is 1. The van der Waals surface area contributed by atoms with Crippen LogP contribution in [0.5, 0.6) is 5.75 Å². The van der Waals surface area contributed by atoms with Crippen LogP contribution in [0, 0.1) is 28.4 Å². The molecule has 0 fully saturated rings. The van der Waals surface area contributed by atoms with E-state index in [4.69, 9.17) is 9.72 Å². The van der Waals surface area contributed by atoms with Gasteiger partial charge in [-0.2, -0.15) is 5.26 Å². The summed E-state index contributed by atoms with van der Waals surface area (Å²) in [5.41, 5.74) is 4.37. The second kappa shape index (κ2) is 11.4. The maximum Gasteiger partial charge on any atom is 0.296 e. The van der Waals surface area contributed by atoms with Gasteiger partial charge >= 0.3 is 0 Å². The normalized spacial score (nSPS) is 10.4. The minimum absolute atomic E-state index is 0.0586. The second-order valence-corrected chi connectivity index (χ2v) is 9.02. The summed E-state index contributed by atoms with van der Waals surface area (Å²) in [5, 5.41) is 24.4. The molecular weight excluding hydrogens is 488 g/mol. The van der Waals surface area contributed by atoms with Crippen molar-refractivity contribution in [2.75, 3.05) is 18.2 Å². The van der Waals surface area contributed by atoms with E-state index < -0.39 is 10.8 Å². The number of nitro benzene ring substituents is 1. The largest absolute Gasteiger partial charge is 0.496 e. The number of nitro groups is 1. The average molecular weight is 511 g/mol. The number of nitrogens with one attached hydrogen (secondary N) is 1. The van der Waals surface area contributed by atoms with Gasteiger partial charge in [0.1, 0.15) is 22.5 Å². The van der Waals surface area contributed by atoms with Gasteiger partial charge < -0.3 is 10.1 Å². The highest BCUT2D eigenvalue weighted by molar-refractivity contribution is 8.00. The average Bonchev–Trinajstić information content (AvgIpc) is 2.92. The first-order valence-corrected chi connectivity index (χ1v) is 12.2. The Hall–Kier alpha value is -4.68. The molecule has 0 aliphatic rings. The standard InChI is InChI=1S/C28H22N4O4S/c1-18-8-10-20(11-9-18)25-15-22(19-6-4-3-5-7-19)23(16-29)28(31-25)37-17-27(33)30-24-13-12-21(36-2)14-26(24)32(34)35/h3-15H,17H2,1-2H3,(H,30,33). The van der Waals surface area contributed by atoms with Crippen LogP contribution in [0.1, 0.15) is 11.1 Å². The minimum Gasteiger partial charge on any atom is -0.496 e. The quantitative estimate of drug-likeness (QED) is 0.169. The van der Waals surface area contributed by atoms with Gasteiger partial charge in [-0.3, -0.25) is 14.9 Å². The molecule has 0 unspecified atom stereocenters. The third-order valence-corrected chi connectivity index (χ3v) is 6.52. The molecule has 184 valence electrons. The van der Waals surface area contributed by atoms with Crippen LogP contribution in [-0.4, -0.2) is 28.7 Å². The molecule has 8 nitrogen and oxygen atoms in total. The molecule has 0 atom stereocenters. The van der Waals surface area contributed by atoms with E-state index in [1.165, 1.54) is 25.3 Å². The number of thioether (sulfide) groups is 1. The molecule has 4 aromatic rings. The highest BCUT2D eigenvalue weighted by Crippen LogP contribution is 2.35. The van der Waals surface area contributed by atoms with E-state index in [1.807, 2.05) is 67.6 Å². The Morgan fingerprint density at radius 1 is 1.08 bits per heavy atom. The number of amides is 1. The summed E-state index contributed by atoms with van der Waals surface area (Å²) >= 11 is 1.10. The van der Waals surface area contributed by atoms with Crippen molar-refractivity contribution in [3.05, 3.63) is 100 Å². The maximum absolute atomic E-state index is 12.8. The van der Waals surface area contributed by atoms with Crippen LogP contribution in [0.15, 0.2) is 83.9 Å². The minimum atomic E-state index is -0.586. The van der Waals surface area contributed by atoms with Gasteiger partial charge in [0.15, 0.2) is 0 Å². The van der Waals surface area contributed by atoms with Crippen molar-refractivity contribution in [3.8, 4) is 34.2 Å². The fraction of sp³-hybridized carbons (Fsp3) is 0.107. The van der Waals surface area contributed by atoms with Crippen LogP contribution < -0.4 is 10.1 Å². The molecule has 0 saturated heterocycles. The summed E-state index contributed by atoms with van der Waals surface area (Å²) < 4.78 is 5.04. The Kier molecular flexibility index (Phi) is 7.81. The van der Waals surface area contributed by atoms with Gasteiger partial charge in [-0.1, -0.05) is 71.9 Å². The van der Waals surface area contributed by atoms with E-state index in [0.29, 0.717) is 27.6 Å². The van der Waals surface area contributed by atoms with Crippen molar-refractivity contribution < 1.29 is 14.5 Å². The molecule has 1 N–H and O–H groups in total. The summed E-state index contributed by atoms with van der Waals surface area (Å²) in [6.45, 7) is 2.00. The zero-order valence-corrected chi connectivity index (χ0v) is 20.9. The van der Waals surface area contributed by atoms with E-state index in [-0.39, 0.29) is 17.1 Å². The number of ether oxygens (including phenoxy) is 1. The number of aromatic nitrogens is 1. The summed E-state index contributed by atoms with van der Waals surface area (Å²) in [5.74, 6) is -0.259. The lowest BCUT2D eigenvalue weighted by Crippen LogP contribution is -2.15. The summed E-state index contributed by atoms with van der Waals surface area (Å²) in [7, 11) is 1.40. The SMILES string of the molecule is COc1ccc(NC(=O)CSc2nc(-c3ccc(C)cc3)cc(-c3ccccc3)c2C#N)c([N+](=O)[O-])c1. The highest BCUT2D eigenvalue weighted by atomic mass is 32.2. The van der Waals surface area contributed by atoms with Gasteiger partial charge in [0.2, 0.25) is 5.91 Å². The molecule has 1 heterocycles. The van der Waals surface area contributed by atoms with Crippen LogP contribution >= 0.6 is 11.8 Å². The molecule has 3 aromatic carbocycles. The molecular formula is C28H22N4O4S. The zero-order valence-electron chi connectivity index (χ0n) is 20.1. The van der Waals surface area contributed by atoms with Crippen molar-refractivity contribution in [1.82, 2.24) is 4.98 Å². The van der Waals surface area contributed by atoms with Crippen LogP contribution in [0.3, 0.4) is 0 Å². The van der Waals surface area contributed by atoms with Gasteiger partial charge in [-0.05, 0) is 30.7 Å². The lowest BCUT2D eigenvalue weighted by atomic mass is 9.99. The Morgan fingerprint density at radius 2 is 1.81 bits per heavy atom. The van der Waals surface area contributed by atoms with Crippen molar-refractivity contribution in [2.45, 2.75) is 11.9 Å². The fourth-order valence-corrected chi connectivity index (χ4v) is 4.47. The number of hydrogen-bond acceptors (Lipinski definition) is 7. The number of pyridine rings is 1. The monoisotopic (exact) mass is 510 g/mol. The molecule has 0 saturated carbocycles. The molecule has 0 aliphatic heterocycles. The van der Waals surface area contributed by atoms with Gasteiger partial charge in [-0.15, -0.1) is 0 Å². The van der Waals surface area contributed by atoms with E-state index in [9.17, 15) is 20.2 Å². The third-order valence-electron chi connectivity index (χ3n) is 5.55. The topological polar surface area (TPSA) is 118 Å². The Morgan fingerprint density at radius 3 is 2.46 bits per heavy atom. The van der Waals surface area contributed by atoms with Gasteiger partial charge in [0.05, 0.1) is 35.1 Å². The Labute approximate surface area is 218 Å². The van der Waals surface area contributed by atoms with E-state index in [1.54, 1.807) is 0 Å². The first-order chi connectivity index (χ1) is 17.9. The van der Waals surface area contributed by atoms with E-state index in [0.717, 1.165) is 28.5 Å². The lowest BCUT2D eigenvalue weighted by Gasteiger charge is -2.13. The molecule has 1 aromatic heterocycles. The highest BCUT2D eigenvalue weighted by Gasteiger charge is 2.20. The number of hydrogen-bond donors (Lipinski definition) is 1. The van der Waals surface area contributed by atoms with Crippen molar-refractivity contribution in [3.63, 3.8) is 0 Å². The number of rotatable bonds is 8. The molecule has 4 rings (SSSR count). The predicted octanol–water partition coefficient (Wildman–Crippen LogP) is 6.24. The van der Waals surface area contributed by atoms with Crippen molar-refractivity contribution in [2.24, 2.45) is 0 Å². The first kappa shape index (κ1) is 25.4. The number of methoxy groups -OCH3 is 1. The third kappa shape index (κ3) is 5.94. The summed E-state index contributed by atoms with van der Waals surface area (Å²) in [6, 6.07) is 25.7. The molecule has 0 aliphatic carbocycles. The summed E-state index contributed by atoms with van der Waals surface area (Å²) in [4.78, 5) is 28.3. The number of nitrogens with zero attached hydrogens (tertiary/aromatic N) is 3. The molecule has 0 spiro atoms. The zero-order chi connectivity index (χ0) is 26.4. The van der Waals surface area contributed by atoms with Crippen molar-refractivity contribution >= 4 is 29.0 Å². The molecule has 0 bridgehead atoms. The van der Waals surface area contributed by atoms with Gasteiger partial charge in [-0.25, -0.2) is 4.98 Å². The Balaban J connectivity index is 1.66. The molecule has 1 amide bonds. The smallest absolute Gasteiger partial charge is 0.296 e. The summed E-state index contributed by atoms with van der Waals surface area (Å²) in [6.07, 6.45) is 0. The maximum atomic E-state index is 12.8. The number of anilines is 1. The number of benzene rings is 3. The lowest BCUT2D eigenvalue weighted by molar-refractivity contribution is -0.384. The van der Waals surface area contributed by atoms with Crippen LogP contribution in [0.25, 0.3) is 22.4 Å². The predicted molar refractivity (Wildman–Crippen MR) is 144 cm³/mol. The molecule has 9 heteroatoms. The fourth-order valence-electron chi connectivity index (χ4n) is 3.67. The van der Waals surface area contributed by atoms with Crippen LogP contribution in [0.4, 0.5) is 11.4 Å². The van der Waals surface area contributed by atoms with Gasteiger partial charge in [0, 0.05) is 11.1 Å². The second-order valence-electron chi connectivity index (χ2n) is 8.06. The number of carbonyl (C=O) groups is 1. The Bertz CT molecular complexity index is 1500. The van der Waals surface area contributed by atoms with E-state index in [2.05, 4.69) is 11.4 Å². The first-order valence-electron chi connectivity index (χ1n) is 11.2. The van der Waals surface area contributed by atoms with Crippen molar-refractivity contribution in [1.29, 1.82) is 5.26 Å². The van der Waals surface area contributed by atoms with Crippen LogP contribution in [-0.2, 0) is 4.79 Å². The molecule has 0 radical (unpaired) electrons. The van der Waals surface area contributed by atoms with Gasteiger partial charge in [0.25, 0.3) is 5.69 Å². The molecule has 37 heavy (non-hydrogen) atoms. The van der Waals surface area contributed by atoms with E-state index >= 15 is 0 Å². The number of aryl methyl sites for hydroxylation is 1. The number of nitriles is 1.